The number of benzene rings is 1. The van der Waals surface area contributed by atoms with Crippen molar-refractivity contribution in [2.75, 3.05) is 19.7 Å². The summed E-state index contributed by atoms with van der Waals surface area (Å²) in [5.74, 6) is -3.53. The number of fused-ring (bicyclic) bond motifs is 1. The standard InChI is InChI=1S/C26H41N9O6/c27-10-4-3-9-19(33-22(37)17(28)7-5-11-31-26(29)30)23(38)34-20(24(39)35-21(14-36)25(40)41)12-15-13-32-18-8-2-1-6-16(15)18/h1-2,6,8,13,17,19-21,32,36H,3-5,7,9-12,14,27-28H2,(H,33,37)(H,34,38)(H,35,39)(H,40,41)(H4,29,30,31). The molecule has 0 fully saturated rings. The van der Waals surface area contributed by atoms with Crippen molar-refractivity contribution in [1.82, 2.24) is 20.9 Å². The van der Waals surface area contributed by atoms with Gasteiger partial charge in [0.25, 0.3) is 0 Å². The first kappa shape index (κ1) is 33.0. The van der Waals surface area contributed by atoms with Crippen molar-refractivity contribution in [3.63, 3.8) is 0 Å². The number of nitrogens with one attached hydrogen (secondary N) is 4. The monoisotopic (exact) mass is 575 g/mol. The number of aliphatic carboxylic acids is 1. The Balaban J connectivity index is 2.22. The number of aliphatic hydroxyl groups is 1. The number of para-hydroxylation sites is 1. The number of rotatable bonds is 18. The van der Waals surface area contributed by atoms with Crippen LogP contribution < -0.4 is 38.9 Å². The lowest BCUT2D eigenvalue weighted by molar-refractivity contribution is -0.143. The molecule has 1 heterocycles. The van der Waals surface area contributed by atoms with E-state index >= 15 is 0 Å². The zero-order valence-electron chi connectivity index (χ0n) is 22.8. The maximum Gasteiger partial charge on any atom is 0.328 e. The summed E-state index contributed by atoms with van der Waals surface area (Å²) in [4.78, 5) is 57.7. The van der Waals surface area contributed by atoms with Gasteiger partial charge in [-0.1, -0.05) is 18.2 Å². The largest absolute Gasteiger partial charge is 0.480 e. The molecule has 2 rings (SSSR count). The Hall–Kier alpha value is -4.21. The smallest absolute Gasteiger partial charge is 0.328 e. The van der Waals surface area contributed by atoms with Crippen molar-refractivity contribution in [3.05, 3.63) is 36.0 Å². The number of aromatic nitrogens is 1. The fourth-order valence-electron chi connectivity index (χ4n) is 4.15. The fraction of sp³-hybridized carbons (Fsp3) is 0.500. The topological polar surface area (TPSA) is 277 Å². The Morgan fingerprint density at radius 2 is 1.56 bits per heavy atom. The van der Waals surface area contributed by atoms with E-state index in [0.29, 0.717) is 37.9 Å². The predicted octanol–water partition coefficient (Wildman–Crippen LogP) is -2.25. The van der Waals surface area contributed by atoms with Gasteiger partial charge in [0, 0.05) is 30.1 Å². The number of hydrogen-bond donors (Lipinski definition) is 10. The summed E-state index contributed by atoms with van der Waals surface area (Å²) in [6.07, 6.45) is 3.75. The molecule has 15 nitrogen and oxygen atoms in total. The minimum absolute atomic E-state index is 0.00707. The lowest BCUT2D eigenvalue weighted by Crippen LogP contribution is -2.58. The van der Waals surface area contributed by atoms with Crippen molar-refractivity contribution in [3.8, 4) is 0 Å². The first-order valence-electron chi connectivity index (χ1n) is 13.4. The molecule has 15 heteroatoms. The van der Waals surface area contributed by atoms with E-state index in [-0.39, 0.29) is 25.2 Å². The van der Waals surface area contributed by atoms with Gasteiger partial charge < -0.3 is 54.1 Å². The van der Waals surface area contributed by atoms with Crippen molar-refractivity contribution in [2.45, 2.75) is 62.7 Å². The molecule has 41 heavy (non-hydrogen) atoms. The third-order valence-electron chi connectivity index (χ3n) is 6.41. The van der Waals surface area contributed by atoms with Crippen LogP contribution in [-0.2, 0) is 25.6 Å². The summed E-state index contributed by atoms with van der Waals surface area (Å²) < 4.78 is 0. The second-order valence-electron chi connectivity index (χ2n) is 9.61. The third-order valence-corrected chi connectivity index (χ3v) is 6.41. The first-order chi connectivity index (χ1) is 19.6. The summed E-state index contributed by atoms with van der Waals surface area (Å²) in [6, 6.07) is 2.60. The van der Waals surface area contributed by atoms with Crippen LogP contribution in [0, 0.1) is 0 Å². The van der Waals surface area contributed by atoms with E-state index < -0.39 is 54.5 Å². The highest BCUT2D eigenvalue weighted by Crippen LogP contribution is 2.19. The summed E-state index contributed by atoms with van der Waals surface area (Å²) in [5, 5.41) is 27.1. The van der Waals surface area contributed by atoms with Crippen molar-refractivity contribution in [1.29, 1.82) is 0 Å². The van der Waals surface area contributed by atoms with E-state index in [1.165, 1.54) is 0 Å². The van der Waals surface area contributed by atoms with Gasteiger partial charge in [-0.05, 0) is 50.3 Å². The van der Waals surface area contributed by atoms with Crippen LogP contribution in [0.4, 0.5) is 0 Å². The van der Waals surface area contributed by atoms with Crippen LogP contribution in [0.1, 0.15) is 37.7 Å². The van der Waals surface area contributed by atoms with E-state index in [1.54, 1.807) is 6.20 Å². The Morgan fingerprint density at radius 1 is 0.902 bits per heavy atom. The number of unbranched alkanes of at least 4 members (excludes halogenated alkanes) is 1. The van der Waals surface area contributed by atoms with E-state index in [2.05, 4.69) is 25.9 Å². The van der Waals surface area contributed by atoms with Gasteiger partial charge in [-0.15, -0.1) is 0 Å². The fourth-order valence-corrected chi connectivity index (χ4v) is 4.15. The molecule has 1 aromatic carbocycles. The molecule has 0 aliphatic heterocycles. The molecule has 0 aliphatic rings. The van der Waals surface area contributed by atoms with E-state index in [0.717, 1.165) is 10.9 Å². The first-order valence-corrected chi connectivity index (χ1v) is 13.4. The van der Waals surface area contributed by atoms with Crippen LogP contribution in [0.3, 0.4) is 0 Å². The second-order valence-corrected chi connectivity index (χ2v) is 9.61. The highest BCUT2D eigenvalue weighted by atomic mass is 16.4. The molecule has 1 aromatic heterocycles. The molecular formula is C26H41N9O6. The molecule has 0 bridgehead atoms. The molecule has 0 saturated carbocycles. The lowest BCUT2D eigenvalue weighted by Gasteiger charge is -2.25. The molecule has 0 radical (unpaired) electrons. The quantitative estimate of drug-likeness (QED) is 0.0518. The summed E-state index contributed by atoms with van der Waals surface area (Å²) in [5.41, 5.74) is 23.7. The number of aromatic amines is 1. The van der Waals surface area contributed by atoms with Gasteiger partial charge in [0.2, 0.25) is 17.7 Å². The Kier molecular flexibility index (Phi) is 13.5. The maximum atomic E-state index is 13.4. The number of aliphatic imine (C=N–C) groups is 1. The number of nitrogens with two attached hydrogens (primary N) is 4. The summed E-state index contributed by atoms with van der Waals surface area (Å²) >= 11 is 0. The number of guanidine groups is 1. The number of carboxylic acids is 1. The lowest BCUT2D eigenvalue weighted by atomic mass is 10.0. The SMILES string of the molecule is NCCCCC(NC(=O)C(N)CCCN=C(N)N)C(=O)NC(Cc1c[nH]c2ccccc12)C(=O)NC(CO)C(=O)O. The Labute approximate surface area is 237 Å². The number of carbonyl (C=O) groups is 4. The number of aliphatic hydroxyl groups excluding tert-OH is 1. The number of carbonyl (C=O) groups excluding carboxylic acids is 3. The van der Waals surface area contributed by atoms with Crippen LogP contribution in [0.15, 0.2) is 35.5 Å². The van der Waals surface area contributed by atoms with Crippen LogP contribution in [0.2, 0.25) is 0 Å². The van der Waals surface area contributed by atoms with Gasteiger partial charge in [-0.25, -0.2) is 4.79 Å². The normalized spacial score (nSPS) is 13.9. The number of H-pyrrole nitrogens is 1. The molecule has 0 saturated heterocycles. The van der Waals surface area contributed by atoms with Crippen LogP contribution in [-0.4, -0.2) is 88.7 Å². The van der Waals surface area contributed by atoms with Crippen LogP contribution in [0.25, 0.3) is 10.9 Å². The molecular weight excluding hydrogens is 534 g/mol. The second kappa shape index (κ2) is 16.8. The molecule has 4 atom stereocenters. The van der Waals surface area contributed by atoms with Gasteiger partial charge in [0.05, 0.1) is 12.6 Å². The van der Waals surface area contributed by atoms with E-state index in [4.69, 9.17) is 22.9 Å². The molecule has 0 spiro atoms. The highest BCUT2D eigenvalue weighted by Gasteiger charge is 2.30. The third kappa shape index (κ3) is 10.7. The Bertz CT molecular complexity index is 1200. The predicted molar refractivity (Wildman–Crippen MR) is 153 cm³/mol. The van der Waals surface area contributed by atoms with Crippen molar-refractivity contribution in [2.24, 2.45) is 27.9 Å². The molecule has 3 amide bonds. The number of carboxylic acid groups (broad SMARTS) is 1. The summed E-state index contributed by atoms with van der Waals surface area (Å²) in [7, 11) is 0. The molecule has 14 N–H and O–H groups in total. The minimum Gasteiger partial charge on any atom is -0.480 e. The Morgan fingerprint density at radius 3 is 2.22 bits per heavy atom. The van der Waals surface area contributed by atoms with E-state index in [9.17, 15) is 29.4 Å². The molecule has 4 unspecified atom stereocenters. The van der Waals surface area contributed by atoms with Gasteiger partial charge >= 0.3 is 5.97 Å². The van der Waals surface area contributed by atoms with E-state index in [1.807, 2.05) is 24.3 Å². The molecule has 226 valence electrons. The average molecular weight is 576 g/mol. The maximum absolute atomic E-state index is 13.4. The van der Waals surface area contributed by atoms with Crippen LogP contribution in [0.5, 0.6) is 0 Å². The van der Waals surface area contributed by atoms with Gasteiger partial charge in [0.15, 0.2) is 5.96 Å². The van der Waals surface area contributed by atoms with Crippen molar-refractivity contribution < 1.29 is 29.4 Å². The molecule has 0 aliphatic carbocycles. The van der Waals surface area contributed by atoms with Crippen molar-refractivity contribution >= 4 is 40.6 Å². The molecule has 2 aromatic rings. The number of amides is 3. The van der Waals surface area contributed by atoms with Gasteiger partial charge in [-0.3, -0.25) is 19.4 Å². The number of hydrogen-bond acceptors (Lipinski definition) is 8. The zero-order chi connectivity index (χ0) is 30.4. The van der Waals surface area contributed by atoms with Gasteiger partial charge in [-0.2, -0.15) is 0 Å². The zero-order valence-corrected chi connectivity index (χ0v) is 22.8. The average Bonchev–Trinajstić information content (AvgIpc) is 3.35. The van der Waals surface area contributed by atoms with Crippen LogP contribution >= 0.6 is 0 Å². The minimum atomic E-state index is -1.57. The summed E-state index contributed by atoms with van der Waals surface area (Å²) in [6.45, 7) is -0.164. The van der Waals surface area contributed by atoms with Gasteiger partial charge in [0.1, 0.15) is 18.1 Å². The highest BCUT2D eigenvalue weighted by molar-refractivity contribution is 5.94. The number of nitrogens with zero attached hydrogens (tertiary/aromatic N) is 1.